The van der Waals surface area contributed by atoms with Crippen LogP contribution in [0.25, 0.3) is 12.2 Å². The van der Waals surface area contributed by atoms with Gasteiger partial charge >= 0.3 is 11.6 Å². The molecule has 0 fully saturated rings. The van der Waals surface area contributed by atoms with Gasteiger partial charge in [-0.3, -0.25) is 14.9 Å². The first-order chi connectivity index (χ1) is 8.97. The first-order valence-electron chi connectivity index (χ1n) is 5.01. The van der Waals surface area contributed by atoms with Crippen LogP contribution in [0.4, 0.5) is 5.88 Å². The Bertz CT molecular complexity index is 720. The second-order valence-electron chi connectivity index (χ2n) is 3.40. The maximum absolute atomic E-state index is 11.2. The molecule has 2 aromatic rings. The molecule has 0 amide bonds. The maximum atomic E-state index is 11.2. The molecule has 0 radical (unpaired) electrons. The van der Waals surface area contributed by atoms with Crippen molar-refractivity contribution < 1.29 is 18.6 Å². The van der Waals surface area contributed by atoms with Crippen molar-refractivity contribution in [3.8, 4) is 0 Å². The Hall–Kier alpha value is -2.97. The van der Waals surface area contributed by atoms with Gasteiger partial charge in [0.1, 0.15) is 10.7 Å². The van der Waals surface area contributed by atoms with Crippen LogP contribution in [0, 0.1) is 10.1 Å². The minimum absolute atomic E-state index is 0.112. The Balaban J connectivity index is 2.22. The molecule has 2 aromatic heterocycles. The van der Waals surface area contributed by atoms with Crippen LogP contribution in [0.5, 0.6) is 0 Å². The van der Waals surface area contributed by atoms with Crippen LogP contribution in [0.2, 0.25) is 0 Å². The van der Waals surface area contributed by atoms with E-state index in [0.717, 1.165) is 6.92 Å². The first-order valence-corrected chi connectivity index (χ1v) is 5.01. The summed E-state index contributed by atoms with van der Waals surface area (Å²) < 4.78 is 10.1. The van der Waals surface area contributed by atoms with Gasteiger partial charge in [-0.2, -0.15) is 0 Å². The summed E-state index contributed by atoms with van der Waals surface area (Å²) in [7, 11) is 0. The fourth-order valence-corrected chi connectivity index (χ4v) is 1.24. The van der Waals surface area contributed by atoms with E-state index in [0.29, 0.717) is 4.68 Å². The smallest absolute Gasteiger partial charge is 0.401 e. The number of aromatic nitrogens is 2. The molecule has 0 spiro atoms. The lowest BCUT2D eigenvalue weighted by Gasteiger charge is -1.84. The lowest BCUT2D eigenvalue weighted by Crippen LogP contribution is -2.21. The molecule has 0 aliphatic carbocycles. The molecule has 2 rings (SSSR count). The Morgan fingerprint density at radius 3 is 2.68 bits per heavy atom. The second-order valence-corrected chi connectivity index (χ2v) is 3.40. The number of hydrogen-bond acceptors (Lipinski definition) is 7. The van der Waals surface area contributed by atoms with Gasteiger partial charge in [-0.15, -0.1) is 9.78 Å². The highest BCUT2D eigenvalue weighted by atomic mass is 16.6. The quantitative estimate of drug-likeness (QED) is 0.602. The zero-order valence-electron chi connectivity index (χ0n) is 9.60. The average molecular weight is 265 g/mol. The summed E-state index contributed by atoms with van der Waals surface area (Å²) in [6.45, 7) is 1.16. The standard InChI is InChI=1S/C10H7N3O6/c1-6(14)12-10(15)19-8(11-12)4-2-7-3-5-9(18-7)13(16)17/h2-5H,1H3/b4-2+. The van der Waals surface area contributed by atoms with Crippen molar-refractivity contribution in [3.05, 3.63) is 44.4 Å². The van der Waals surface area contributed by atoms with Crippen LogP contribution in [0.1, 0.15) is 23.4 Å². The summed E-state index contributed by atoms with van der Waals surface area (Å²) >= 11 is 0. The summed E-state index contributed by atoms with van der Waals surface area (Å²) in [4.78, 5) is 31.8. The second kappa shape index (κ2) is 4.72. The largest absolute Gasteiger partial charge is 0.444 e. The highest BCUT2D eigenvalue weighted by Crippen LogP contribution is 2.17. The third-order valence-corrected chi connectivity index (χ3v) is 2.04. The van der Waals surface area contributed by atoms with Crippen molar-refractivity contribution in [2.75, 3.05) is 0 Å². The number of hydrogen-bond donors (Lipinski definition) is 0. The average Bonchev–Trinajstić information content (AvgIpc) is 2.92. The summed E-state index contributed by atoms with van der Waals surface area (Å²) in [5.74, 6) is -1.82. The monoisotopic (exact) mass is 265 g/mol. The Kier molecular flexibility index (Phi) is 3.10. The van der Waals surface area contributed by atoms with E-state index in [4.69, 9.17) is 4.42 Å². The molecule has 0 unspecified atom stereocenters. The topological polar surface area (TPSA) is 121 Å². The van der Waals surface area contributed by atoms with Gasteiger partial charge in [0.15, 0.2) is 0 Å². The molecule has 0 aliphatic rings. The van der Waals surface area contributed by atoms with Crippen LogP contribution in [0.15, 0.2) is 25.8 Å². The molecule has 0 saturated heterocycles. The van der Waals surface area contributed by atoms with Gasteiger partial charge in [-0.05, 0) is 12.1 Å². The van der Waals surface area contributed by atoms with E-state index in [2.05, 4.69) is 9.52 Å². The Morgan fingerprint density at radius 2 is 2.16 bits per heavy atom. The van der Waals surface area contributed by atoms with Gasteiger partial charge in [-0.1, -0.05) is 0 Å². The molecular weight excluding hydrogens is 258 g/mol. The molecule has 0 atom stereocenters. The normalized spacial score (nSPS) is 11.0. The SMILES string of the molecule is CC(=O)n1nc(/C=C/c2ccc([N+](=O)[O-])o2)oc1=O. The van der Waals surface area contributed by atoms with Crippen molar-refractivity contribution in [1.82, 2.24) is 9.78 Å². The van der Waals surface area contributed by atoms with E-state index in [1.165, 1.54) is 24.3 Å². The first kappa shape index (κ1) is 12.5. The lowest BCUT2D eigenvalue weighted by molar-refractivity contribution is -0.402. The van der Waals surface area contributed by atoms with E-state index < -0.39 is 22.5 Å². The van der Waals surface area contributed by atoms with Crippen LogP contribution in [-0.4, -0.2) is 20.6 Å². The molecule has 0 N–H and O–H groups in total. The zero-order valence-corrected chi connectivity index (χ0v) is 9.60. The summed E-state index contributed by atoms with van der Waals surface area (Å²) in [6.07, 6.45) is 2.58. The number of furan rings is 1. The molecule has 19 heavy (non-hydrogen) atoms. The highest BCUT2D eigenvalue weighted by molar-refractivity contribution is 5.74. The summed E-state index contributed by atoms with van der Waals surface area (Å²) in [5, 5.41) is 14.0. The van der Waals surface area contributed by atoms with Gasteiger partial charge < -0.3 is 8.83 Å². The van der Waals surface area contributed by atoms with Crippen LogP contribution in [-0.2, 0) is 0 Å². The fourth-order valence-electron chi connectivity index (χ4n) is 1.24. The fraction of sp³-hybridized carbons (Fsp3) is 0.100. The van der Waals surface area contributed by atoms with Crippen LogP contribution >= 0.6 is 0 Å². The third kappa shape index (κ3) is 2.65. The molecule has 0 aromatic carbocycles. The molecule has 9 heteroatoms. The van der Waals surface area contributed by atoms with Crippen molar-refractivity contribution >= 4 is 23.9 Å². The van der Waals surface area contributed by atoms with Crippen molar-refractivity contribution in [2.45, 2.75) is 6.92 Å². The molecule has 0 saturated carbocycles. The van der Waals surface area contributed by atoms with Gasteiger partial charge in [0.2, 0.25) is 11.8 Å². The minimum atomic E-state index is -0.905. The summed E-state index contributed by atoms with van der Waals surface area (Å²) in [6, 6.07) is 2.55. The predicted octanol–water partition coefficient (Wildman–Crippen LogP) is 1.17. The van der Waals surface area contributed by atoms with Gasteiger partial charge in [-0.25, -0.2) is 4.79 Å². The molecular formula is C10H7N3O6. The van der Waals surface area contributed by atoms with Crippen molar-refractivity contribution in [1.29, 1.82) is 0 Å². The minimum Gasteiger partial charge on any atom is -0.401 e. The van der Waals surface area contributed by atoms with Gasteiger partial charge in [0.25, 0.3) is 0 Å². The number of nitro groups is 1. The number of carbonyl (C=O) groups excluding carboxylic acids is 1. The molecule has 98 valence electrons. The lowest BCUT2D eigenvalue weighted by atomic mass is 10.4. The van der Waals surface area contributed by atoms with Crippen LogP contribution < -0.4 is 5.76 Å². The predicted molar refractivity (Wildman–Crippen MR) is 61.4 cm³/mol. The molecule has 0 aliphatic heterocycles. The number of nitrogens with zero attached hydrogens (tertiary/aromatic N) is 3. The van der Waals surface area contributed by atoms with E-state index in [-0.39, 0.29) is 11.7 Å². The van der Waals surface area contributed by atoms with E-state index in [1.54, 1.807) is 0 Å². The van der Waals surface area contributed by atoms with Gasteiger partial charge in [0, 0.05) is 13.0 Å². The van der Waals surface area contributed by atoms with E-state index in [1.807, 2.05) is 0 Å². The number of carbonyl (C=O) groups is 1. The van der Waals surface area contributed by atoms with E-state index >= 15 is 0 Å². The Labute approximate surface area is 104 Å². The van der Waals surface area contributed by atoms with Crippen molar-refractivity contribution in [3.63, 3.8) is 0 Å². The Morgan fingerprint density at radius 1 is 1.42 bits per heavy atom. The van der Waals surface area contributed by atoms with Gasteiger partial charge in [0.05, 0.1) is 6.07 Å². The van der Waals surface area contributed by atoms with Crippen molar-refractivity contribution in [2.24, 2.45) is 0 Å². The zero-order chi connectivity index (χ0) is 14.0. The molecule has 0 bridgehead atoms. The maximum Gasteiger partial charge on any atom is 0.444 e. The number of rotatable bonds is 3. The highest BCUT2D eigenvalue weighted by Gasteiger charge is 2.11. The molecule has 9 nitrogen and oxygen atoms in total. The molecule has 2 heterocycles. The third-order valence-electron chi connectivity index (χ3n) is 2.04. The van der Waals surface area contributed by atoms with Crippen LogP contribution in [0.3, 0.4) is 0 Å². The van der Waals surface area contributed by atoms with E-state index in [9.17, 15) is 19.7 Å². The summed E-state index contributed by atoms with van der Waals surface area (Å²) in [5.41, 5.74) is 0.